The fourth-order valence-corrected chi connectivity index (χ4v) is 2.51. The van der Waals surface area contributed by atoms with Crippen LogP contribution < -0.4 is 10.6 Å². The van der Waals surface area contributed by atoms with E-state index >= 15 is 0 Å². The Morgan fingerprint density at radius 2 is 1.58 bits per heavy atom. The first-order valence-electron chi connectivity index (χ1n) is 8.24. The third-order valence-electron chi connectivity index (χ3n) is 4.30. The van der Waals surface area contributed by atoms with Gasteiger partial charge in [-0.3, -0.25) is 14.4 Å². The summed E-state index contributed by atoms with van der Waals surface area (Å²) in [4.78, 5) is 34.9. The lowest BCUT2D eigenvalue weighted by atomic mass is 9.88. The van der Waals surface area contributed by atoms with Crippen LogP contribution in [0.15, 0.2) is 24.3 Å². The van der Waals surface area contributed by atoms with Crippen molar-refractivity contribution < 1.29 is 19.5 Å². The van der Waals surface area contributed by atoms with Crippen molar-refractivity contribution in [2.24, 2.45) is 11.8 Å². The van der Waals surface area contributed by atoms with Crippen molar-refractivity contribution >= 4 is 23.5 Å². The van der Waals surface area contributed by atoms with E-state index < -0.39 is 17.9 Å². The Kier molecular flexibility index (Phi) is 7.42. The van der Waals surface area contributed by atoms with Crippen LogP contribution in [-0.4, -0.2) is 28.9 Å². The Morgan fingerprint density at radius 1 is 1.04 bits per heavy atom. The summed E-state index contributed by atoms with van der Waals surface area (Å²) < 4.78 is 0. The molecule has 0 radical (unpaired) electrons. The summed E-state index contributed by atoms with van der Waals surface area (Å²) in [6, 6.07) is 5.43. The van der Waals surface area contributed by atoms with Crippen molar-refractivity contribution in [3.63, 3.8) is 0 Å². The highest BCUT2D eigenvalue weighted by molar-refractivity contribution is 5.97. The normalized spacial score (nSPS) is 13.2. The van der Waals surface area contributed by atoms with Crippen LogP contribution in [0.5, 0.6) is 0 Å². The molecular weight excluding hydrogens is 308 g/mol. The number of aliphatic carboxylic acids is 1. The van der Waals surface area contributed by atoms with Crippen molar-refractivity contribution in [1.82, 2.24) is 5.32 Å². The Bertz CT molecular complexity index is 579. The number of hydrogen-bond acceptors (Lipinski definition) is 3. The average molecular weight is 334 g/mol. The number of rotatable bonds is 8. The second-order valence-corrected chi connectivity index (χ2v) is 5.97. The van der Waals surface area contributed by atoms with E-state index in [9.17, 15) is 14.4 Å². The van der Waals surface area contributed by atoms with Gasteiger partial charge in [0, 0.05) is 17.2 Å². The third-order valence-corrected chi connectivity index (χ3v) is 4.30. The molecule has 1 aromatic rings. The first-order valence-corrected chi connectivity index (χ1v) is 8.24. The molecule has 1 aromatic carbocycles. The minimum atomic E-state index is -1.09. The molecule has 6 heteroatoms. The molecule has 0 aliphatic carbocycles. The predicted octanol–water partition coefficient (Wildman–Crippen LogP) is 2.90. The van der Waals surface area contributed by atoms with Crippen molar-refractivity contribution in [1.29, 1.82) is 0 Å². The standard InChI is InChI=1S/C18H26N2O4/c1-5-13(6-2)11(3)16(21)20-15-9-7-14(8-10-15)17(22)19-12(4)18(23)24/h7-13H,5-6H2,1-4H3,(H,19,22)(H,20,21)(H,23,24). The number of hydrogen-bond donors (Lipinski definition) is 3. The molecule has 2 unspecified atom stereocenters. The second kappa shape index (κ2) is 9.05. The highest BCUT2D eigenvalue weighted by Gasteiger charge is 2.21. The number of anilines is 1. The monoisotopic (exact) mass is 334 g/mol. The number of carbonyl (C=O) groups is 3. The Morgan fingerprint density at radius 3 is 2.04 bits per heavy atom. The number of nitrogens with one attached hydrogen (secondary N) is 2. The molecule has 3 N–H and O–H groups in total. The van der Waals surface area contributed by atoms with Gasteiger partial charge in [0.25, 0.3) is 5.91 Å². The van der Waals surface area contributed by atoms with Crippen molar-refractivity contribution in [3.05, 3.63) is 29.8 Å². The van der Waals surface area contributed by atoms with Crippen molar-refractivity contribution in [2.45, 2.75) is 46.6 Å². The topological polar surface area (TPSA) is 95.5 Å². The molecule has 2 amide bonds. The zero-order valence-electron chi connectivity index (χ0n) is 14.6. The van der Waals surface area contributed by atoms with E-state index in [1.807, 2.05) is 6.92 Å². The van der Waals surface area contributed by atoms with Gasteiger partial charge in [0.2, 0.25) is 5.91 Å². The van der Waals surface area contributed by atoms with Crippen molar-refractivity contribution in [2.75, 3.05) is 5.32 Å². The molecule has 1 rings (SSSR count). The van der Waals surface area contributed by atoms with Gasteiger partial charge in [0.05, 0.1) is 0 Å². The highest BCUT2D eigenvalue weighted by atomic mass is 16.4. The average Bonchev–Trinajstić information content (AvgIpc) is 2.56. The number of carboxylic acids is 1. The van der Waals surface area contributed by atoms with Gasteiger partial charge in [-0.2, -0.15) is 0 Å². The molecule has 0 fully saturated rings. The van der Waals surface area contributed by atoms with Gasteiger partial charge >= 0.3 is 5.97 Å². The van der Waals surface area contributed by atoms with E-state index in [0.29, 0.717) is 17.2 Å². The fraction of sp³-hybridized carbons (Fsp3) is 0.500. The summed E-state index contributed by atoms with van der Waals surface area (Å²) in [6.45, 7) is 7.46. The lowest BCUT2D eigenvalue weighted by molar-refractivity contribution is -0.138. The first kappa shape index (κ1) is 19.7. The van der Waals surface area contributed by atoms with Crippen LogP contribution in [0, 0.1) is 11.8 Å². The number of amides is 2. The molecular formula is C18H26N2O4. The van der Waals surface area contributed by atoms with Crippen LogP contribution in [0.1, 0.15) is 50.9 Å². The molecule has 132 valence electrons. The van der Waals surface area contributed by atoms with E-state index in [2.05, 4.69) is 24.5 Å². The molecule has 2 atom stereocenters. The third kappa shape index (κ3) is 5.37. The maximum Gasteiger partial charge on any atom is 0.325 e. The maximum absolute atomic E-state index is 12.3. The fourth-order valence-electron chi connectivity index (χ4n) is 2.51. The summed E-state index contributed by atoms with van der Waals surface area (Å²) in [7, 11) is 0. The van der Waals surface area contributed by atoms with E-state index in [0.717, 1.165) is 12.8 Å². The number of benzene rings is 1. The lowest BCUT2D eigenvalue weighted by Crippen LogP contribution is -2.38. The summed E-state index contributed by atoms with van der Waals surface area (Å²) in [5.74, 6) is -1.34. The molecule has 0 heterocycles. The van der Waals surface area contributed by atoms with Crippen LogP contribution in [0.3, 0.4) is 0 Å². The quantitative estimate of drug-likeness (QED) is 0.681. The Labute approximate surface area is 142 Å². The molecule has 0 saturated carbocycles. The van der Waals surface area contributed by atoms with Gasteiger partial charge in [-0.25, -0.2) is 0 Å². The van der Waals surface area contributed by atoms with Gasteiger partial charge < -0.3 is 15.7 Å². The van der Waals surface area contributed by atoms with Gasteiger partial charge in [0.15, 0.2) is 0 Å². The van der Waals surface area contributed by atoms with Gasteiger partial charge in [-0.1, -0.05) is 33.6 Å². The van der Waals surface area contributed by atoms with Gasteiger partial charge in [-0.15, -0.1) is 0 Å². The predicted molar refractivity (Wildman–Crippen MR) is 92.9 cm³/mol. The molecule has 24 heavy (non-hydrogen) atoms. The largest absolute Gasteiger partial charge is 0.480 e. The van der Waals surface area contributed by atoms with Gasteiger partial charge in [0.1, 0.15) is 6.04 Å². The second-order valence-electron chi connectivity index (χ2n) is 5.97. The maximum atomic E-state index is 12.3. The molecule has 0 saturated heterocycles. The molecule has 0 spiro atoms. The minimum absolute atomic E-state index is 0.0413. The van der Waals surface area contributed by atoms with E-state index in [1.54, 1.807) is 24.3 Å². The summed E-state index contributed by atoms with van der Waals surface area (Å²) in [5, 5.41) is 14.0. The van der Waals surface area contributed by atoms with E-state index in [4.69, 9.17) is 5.11 Å². The molecule has 6 nitrogen and oxygen atoms in total. The molecule has 0 aliphatic rings. The van der Waals surface area contributed by atoms with E-state index in [1.165, 1.54) is 6.92 Å². The van der Waals surface area contributed by atoms with Crippen LogP contribution >= 0.6 is 0 Å². The van der Waals surface area contributed by atoms with Crippen LogP contribution in [0.25, 0.3) is 0 Å². The van der Waals surface area contributed by atoms with Gasteiger partial charge in [-0.05, 0) is 37.1 Å². The van der Waals surface area contributed by atoms with E-state index in [-0.39, 0.29) is 11.8 Å². The molecule has 0 bridgehead atoms. The molecule has 0 aliphatic heterocycles. The minimum Gasteiger partial charge on any atom is -0.480 e. The lowest BCUT2D eigenvalue weighted by Gasteiger charge is -2.20. The summed E-state index contributed by atoms with van der Waals surface area (Å²) in [6.07, 6.45) is 1.90. The smallest absolute Gasteiger partial charge is 0.325 e. The van der Waals surface area contributed by atoms with Crippen molar-refractivity contribution in [3.8, 4) is 0 Å². The number of carboxylic acid groups (broad SMARTS) is 1. The highest BCUT2D eigenvalue weighted by Crippen LogP contribution is 2.21. The van der Waals surface area contributed by atoms with Crippen LogP contribution in [0.2, 0.25) is 0 Å². The SMILES string of the molecule is CCC(CC)C(C)C(=O)Nc1ccc(C(=O)NC(C)C(=O)O)cc1. The summed E-state index contributed by atoms with van der Waals surface area (Å²) >= 11 is 0. The molecule has 0 aromatic heterocycles. The summed E-state index contributed by atoms with van der Waals surface area (Å²) in [5.41, 5.74) is 0.953. The first-order chi connectivity index (χ1) is 11.3. The van der Waals surface area contributed by atoms with Crippen LogP contribution in [-0.2, 0) is 9.59 Å². The zero-order chi connectivity index (χ0) is 18.3. The zero-order valence-corrected chi connectivity index (χ0v) is 14.6. The Hall–Kier alpha value is -2.37. The number of carbonyl (C=O) groups excluding carboxylic acids is 2. The van der Waals surface area contributed by atoms with Crippen LogP contribution in [0.4, 0.5) is 5.69 Å². The Balaban J connectivity index is 2.69.